The topological polar surface area (TPSA) is 0 Å². The first kappa shape index (κ1) is 10.0. The van der Waals surface area contributed by atoms with Gasteiger partial charge in [-0.2, -0.15) is 17.7 Å². The third-order valence-electron chi connectivity index (χ3n) is 1.05. The van der Waals surface area contributed by atoms with E-state index in [0.717, 1.165) is 0 Å². The second-order valence-electron chi connectivity index (χ2n) is 1.76. The molecule has 0 aromatic heterocycles. The molecule has 0 spiro atoms. The molecule has 1 aromatic carbocycles. The maximum atomic E-state index is 2.12. The van der Waals surface area contributed by atoms with Crippen molar-refractivity contribution < 1.29 is 18.9 Å². The van der Waals surface area contributed by atoms with Crippen LogP contribution in [0.5, 0.6) is 0 Å². The average molecular weight is 144 g/mol. The van der Waals surface area contributed by atoms with Crippen molar-refractivity contribution >= 4 is 11.8 Å². The molecule has 0 heterocycles. The van der Waals surface area contributed by atoms with Crippen molar-refractivity contribution in [1.29, 1.82) is 0 Å². The molecule has 0 nitrogen and oxygen atoms in total. The van der Waals surface area contributed by atoms with Crippen molar-refractivity contribution in [2.24, 2.45) is 0 Å². The van der Waals surface area contributed by atoms with E-state index in [1.807, 2.05) is 18.2 Å². The van der Waals surface area contributed by atoms with Crippen molar-refractivity contribution in [2.45, 2.75) is 0 Å². The van der Waals surface area contributed by atoms with Crippen LogP contribution in [-0.4, -0.2) is 6.26 Å². The van der Waals surface area contributed by atoms with Gasteiger partial charge in [0.1, 0.15) is 0 Å². The van der Waals surface area contributed by atoms with Gasteiger partial charge in [0.05, 0.1) is 0 Å². The molecule has 2 heteroatoms. The Morgan fingerprint density at radius 2 is 1.80 bits per heavy atom. The monoisotopic (exact) mass is 144 g/mol. The summed E-state index contributed by atoms with van der Waals surface area (Å²) in [6.45, 7) is 0. The first-order valence-corrected chi connectivity index (χ1v) is 4.13. The molecule has 0 atom stereocenters. The molecule has 1 aromatic rings. The van der Waals surface area contributed by atoms with E-state index in [2.05, 4.69) is 24.1 Å². The van der Waals surface area contributed by atoms with Gasteiger partial charge in [-0.3, -0.25) is 0 Å². The van der Waals surface area contributed by atoms with Gasteiger partial charge in [-0.05, 0) is 6.26 Å². The summed E-state index contributed by atoms with van der Waals surface area (Å²) in [7, 11) is 0. The third kappa shape index (κ3) is 3.27. The van der Waals surface area contributed by atoms with E-state index < -0.39 is 0 Å². The molecule has 1 rings (SSSR count). The van der Waals surface area contributed by atoms with Crippen molar-refractivity contribution in [1.82, 2.24) is 0 Å². The summed E-state index contributed by atoms with van der Waals surface area (Å²) in [4.78, 5) is 0. The smallest absolute Gasteiger partial charge is 0.206 e. The summed E-state index contributed by atoms with van der Waals surface area (Å²) >= 11 is 1.73. The van der Waals surface area contributed by atoms with Gasteiger partial charge in [0.25, 0.3) is 0 Å². The van der Waals surface area contributed by atoms with Crippen LogP contribution in [0.2, 0.25) is 0 Å². The molecule has 0 unspecified atom stereocenters. The molecular formula is C8H9LiS. The zero-order chi connectivity index (χ0) is 6.53. The van der Waals surface area contributed by atoms with Crippen molar-refractivity contribution in [2.75, 3.05) is 6.26 Å². The van der Waals surface area contributed by atoms with Gasteiger partial charge >= 0.3 is 18.9 Å². The van der Waals surface area contributed by atoms with E-state index in [1.165, 1.54) is 5.56 Å². The van der Waals surface area contributed by atoms with E-state index in [-0.39, 0.29) is 18.9 Å². The van der Waals surface area contributed by atoms with Crippen LogP contribution in [0.4, 0.5) is 0 Å². The first-order valence-electron chi connectivity index (χ1n) is 2.84. The van der Waals surface area contributed by atoms with Crippen LogP contribution in [-0.2, 0) is 0 Å². The van der Waals surface area contributed by atoms with Gasteiger partial charge in [0, 0.05) is 0 Å². The summed E-state index contributed by atoms with van der Waals surface area (Å²) in [6.07, 6.45) is 2.06. The molecular weight excluding hydrogens is 135 g/mol. The summed E-state index contributed by atoms with van der Waals surface area (Å²) in [6, 6.07) is 10.3. The molecule has 0 saturated heterocycles. The SMILES string of the molecule is CS[CH-]c1ccccc1.[Li+]. The molecule has 0 fully saturated rings. The minimum atomic E-state index is 0. The summed E-state index contributed by atoms with van der Waals surface area (Å²) in [5, 5.41) is 0. The molecule has 0 aliphatic heterocycles. The molecule has 0 radical (unpaired) electrons. The van der Waals surface area contributed by atoms with Gasteiger partial charge in [0.15, 0.2) is 0 Å². The molecule has 10 heavy (non-hydrogen) atoms. The normalized spacial score (nSPS) is 8.10. The molecule has 0 aliphatic carbocycles. The third-order valence-corrected chi connectivity index (χ3v) is 1.56. The molecule has 0 N–H and O–H groups in total. The zero-order valence-corrected chi connectivity index (χ0v) is 7.19. The van der Waals surface area contributed by atoms with E-state index in [1.54, 1.807) is 11.8 Å². The molecule has 0 bridgehead atoms. The van der Waals surface area contributed by atoms with Crippen LogP contribution in [0.25, 0.3) is 0 Å². The second-order valence-corrected chi connectivity index (χ2v) is 2.47. The summed E-state index contributed by atoms with van der Waals surface area (Å²) in [5.41, 5.74) is 1.28. The predicted molar refractivity (Wildman–Crippen MR) is 43.4 cm³/mol. The van der Waals surface area contributed by atoms with E-state index in [0.29, 0.717) is 0 Å². The maximum Gasteiger partial charge on any atom is 1.00 e. The zero-order valence-electron chi connectivity index (χ0n) is 6.37. The van der Waals surface area contributed by atoms with Crippen molar-refractivity contribution in [3.8, 4) is 0 Å². The number of rotatable bonds is 2. The Balaban J connectivity index is 0.000000810. The number of hydrogen-bond donors (Lipinski definition) is 0. The fourth-order valence-corrected chi connectivity index (χ4v) is 1.10. The number of benzene rings is 1. The minimum Gasteiger partial charge on any atom is -0.206 e. The van der Waals surface area contributed by atoms with Crippen LogP contribution < -0.4 is 18.9 Å². The molecule has 0 aliphatic rings. The molecule has 0 amide bonds. The summed E-state index contributed by atoms with van der Waals surface area (Å²) in [5.74, 6) is 2.12. The van der Waals surface area contributed by atoms with Gasteiger partial charge in [-0.25, -0.2) is 11.8 Å². The van der Waals surface area contributed by atoms with Crippen LogP contribution >= 0.6 is 11.8 Å². The molecule has 0 saturated carbocycles. The molecule has 48 valence electrons. The quantitative estimate of drug-likeness (QED) is 0.400. The number of hydrogen-bond acceptors (Lipinski definition) is 1. The summed E-state index contributed by atoms with van der Waals surface area (Å²) < 4.78 is 0. The van der Waals surface area contributed by atoms with Gasteiger partial charge < -0.3 is 0 Å². The number of thioether (sulfide) groups is 1. The van der Waals surface area contributed by atoms with Gasteiger partial charge in [-0.1, -0.05) is 6.07 Å². The van der Waals surface area contributed by atoms with Crippen LogP contribution in [0.15, 0.2) is 30.3 Å². The van der Waals surface area contributed by atoms with E-state index in [4.69, 9.17) is 0 Å². The Hall–Kier alpha value is 0.0374. The Labute approximate surface area is 78.6 Å². The second kappa shape index (κ2) is 5.79. The van der Waals surface area contributed by atoms with Crippen LogP contribution in [0.3, 0.4) is 0 Å². The van der Waals surface area contributed by atoms with Crippen molar-refractivity contribution in [3.05, 3.63) is 41.6 Å². The Morgan fingerprint density at radius 3 is 2.30 bits per heavy atom. The Bertz CT molecular complexity index is 162. The Kier molecular flexibility index (Phi) is 5.82. The predicted octanol–water partition coefficient (Wildman–Crippen LogP) is -0.437. The fourth-order valence-electron chi connectivity index (χ4n) is 0.668. The van der Waals surface area contributed by atoms with E-state index in [9.17, 15) is 0 Å². The van der Waals surface area contributed by atoms with Gasteiger partial charge in [-0.15, -0.1) is 17.9 Å². The largest absolute Gasteiger partial charge is 1.00 e. The van der Waals surface area contributed by atoms with Crippen molar-refractivity contribution in [3.63, 3.8) is 0 Å². The van der Waals surface area contributed by atoms with Crippen LogP contribution in [0, 0.1) is 5.75 Å². The average Bonchev–Trinajstić information content (AvgIpc) is 1.91. The van der Waals surface area contributed by atoms with Crippen LogP contribution in [0.1, 0.15) is 5.56 Å². The Morgan fingerprint density at radius 1 is 1.20 bits per heavy atom. The minimum absolute atomic E-state index is 0. The standard InChI is InChI=1S/C8H9S.Li/c1-9-7-8-5-3-2-4-6-8;/h2-7H,1H3;/q-1;+1. The first-order chi connectivity index (χ1) is 4.43. The van der Waals surface area contributed by atoms with Gasteiger partial charge in [0.2, 0.25) is 0 Å². The maximum absolute atomic E-state index is 2.12. The fraction of sp³-hybridized carbons (Fsp3) is 0.125. The van der Waals surface area contributed by atoms with E-state index >= 15 is 0 Å².